The molecule has 1 N–H and O–H groups in total. The van der Waals surface area contributed by atoms with Crippen LogP contribution in [0, 0.1) is 13.8 Å². The van der Waals surface area contributed by atoms with Crippen LogP contribution in [0.5, 0.6) is 5.75 Å². The minimum Gasteiger partial charge on any atom is -0.495 e. The topological polar surface area (TPSA) is 58.6 Å². The third kappa shape index (κ3) is 4.24. The summed E-state index contributed by atoms with van der Waals surface area (Å²) in [5.41, 5.74) is 3.42. The molecule has 2 amide bonds. The SMILES string of the molecule is COc1ccccc1N1C(=O)C(Nc2cc(C)ccc2C)=C(Sc2ccc(Cl)cc2)C1=O. The Bertz CT molecular complexity index is 1240. The summed E-state index contributed by atoms with van der Waals surface area (Å²) in [6.45, 7) is 3.93. The van der Waals surface area contributed by atoms with Gasteiger partial charge in [-0.1, -0.05) is 47.6 Å². The van der Waals surface area contributed by atoms with Crippen LogP contribution in [0.4, 0.5) is 11.4 Å². The van der Waals surface area contributed by atoms with Gasteiger partial charge in [0.25, 0.3) is 11.8 Å². The number of para-hydroxylation sites is 2. The molecule has 32 heavy (non-hydrogen) atoms. The van der Waals surface area contributed by atoms with Gasteiger partial charge in [0.05, 0.1) is 12.8 Å². The van der Waals surface area contributed by atoms with E-state index in [1.807, 2.05) is 44.2 Å². The van der Waals surface area contributed by atoms with Crippen molar-refractivity contribution >= 4 is 46.6 Å². The summed E-state index contributed by atoms with van der Waals surface area (Å²) >= 11 is 7.23. The molecule has 1 heterocycles. The Morgan fingerprint density at radius 3 is 2.38 bits per heavy atom. The van der Waals surface area contributed by atoms with Gasteiger partial charge in [-0.25, -0.2) is 4.90 Å². The number of carbonyl (C=O) groups is 2. The fraction of sp³-hybridized carbons (Fsp3) is 0.120. The summed E-state index contributed by atoms with van der Waals surface area (Å²) in [5.74, 6) is -0.401. The second-order valence-electron chi connectivity index (χ2n) is 7.32. The van der Waals surface area contributed by atoms with E-state index >= 15 is 0 Å². The molecular weight excluding hydrogens is 444 g/mol. The van der Waals surface area contributed by atoms with Crippen molar-refractivity contribution in [2.45, 2.75) is 18.7 Å². The summed E-state index contributed by atoms with van der Waals surface area (Å²) in [6, 6.07) is 20.0. The van der Waals surface area contributed by atoms with Gasteiger partial charge in [0.2, 0.25) is 0 Å². The van der Waals surface area contributed by atoms with E-state index in [9.17, 15) is 9.59 Å². The zero-order valence-electron chi connectivity index (χ0n) is 17.8. The molecule has 5 nitrogen and oxygen atoms in total. The number of amides is 2. The van der Waals surface area contributed by atoms with E-state index < -0.39 is 11.8 Å². The molecule has 1 aliphatic rings. The zero-order valence-corrected chi connectivity index (χ0v) is 19.4. The lowest BCUT2D eigenvalue weighted by molar-refractivity contribution is -0.120. The highest BCUT2D eigenvalue weighted by atomic mass is 35.5. The zero-order chi connectivity index (χ0) is 22.8. The number of rotatable bonds is 6. The average Bonchev–Trinajstić information content (AvgIpc) is 3.01. The van der Waals surface area contributed by atoms with Crippen LogP contribution in [0.25, 0.3) is 0 Å². The van der Waals surface area contributed by atoms with Crippen LogP contribution in [0.3, 0.4) is 0 Å². The van der Waals surface area contributed by atoms with Crippen molar-refractivity contribution in [1.29, 1.82) is 0 Å². The number of hydrogen-bond donors (Lipinski definition) is 1. The summed E-state index contributed by atoms with van der Waals surface area (Å²) in [4.78, 5) is 29.3. The van der Waals surface area contributed by atoms with Gasteiger partial charge in [0, 0.05) is 15.6 Å². The van der Waals surface area contributed by atoms with Crippen molar-refractivity contribution in [2.75, 3.05) is 17.3 Å². The second-order valence-corrected chi connectivity index (χ2v) is 8.84. The minimum atomic E-state index is -0.433. The van der Waals surface area contributed by atoms with Crippen molar-refractivity contribution in [3.63, 3.8) is 0 Å². The molecule has 1 aliphatic heterocycles. The number of halogens is 1. The van der Waals surface area contributed by atoms with Gasteiger partial charge in [-0.15, -0.1) is 0 Å². The Kier molecular flexibility index (Phi) is 6.26. The summed E-state index contributed by atoms with van der Waals surface area (Å²) in [6.07, 6.45) is 0. The fourth-order valence-electron chi connectivity index (χ4n) is 3.37. The van der Waals surface area contributed by atoms with Crippen LogP contribution in [0.2, 0.25) is 5.02 Å². The van der Waals surface area contributed by atoms with E-state index in [0.29, 0.717) is 21.4 Å². The molecule has 0 spiro atoms. The first-order chi connectivity index (χ1) is 15.4. The first-order valence-electron chi connectivity index (χ1n) is 9.93. The molecule has 0 atom stereocenters. The number of imide groups is 1. The summed E-state index contributed by atoms with van der Waals surface area (Å²) in [5, 5.41) is 3.83. The molecule has 4 rings (SSSR count). The van der Waals surface area contributed by atoms with E-state index in [1.54, 1.807) is 36.4 Å². The number of methoxy groups -OCH3 is 1. The second kappa shape index (κ2) is 9.10. The van der Waals surface area contributed by atoms with Gasteiger partial charge in [0.15, 0.2) is 0 Å². The largest absolute Gasteiger partial charge is 0.495 e. The van der Waals surface area contributed by atoms with Crippen LogP contribution < -0.4 is 15.0 Å². The quantitative estimate of drug-likeness (QED) is 0.456. The normalized spacial score (nSPS) is 13.7. The van der Waals surface area contributed by atoms with Crippen molar-refractivity contribution in [1.82, 2.24) is 0 Å². The lowest BCUT2D eigenvalue weighted by Crippen LogP contribution is -2.32. The number of carbonyl (C=O) groups excluding carboxylic acids is 2. The maximum atomic E-state index is 13.5. The Morgan fingerprint density at radius 2 is 1.66 bits per heavy atom. The number of nitrogens with zero attached hydrogens (tertiary/aromatic N) is 1. The molecule has 0 fully saturated rings. The Morgan fingerprint density at radius 1 is 0.938 bits per heavy atom. The first-order valence-corrected chi connectivity index (χ1v) is 11.1. The highest BCUT2D eigenvalue weighted by molar-refractivity contribution is 8.04. The predicted molar refractivity (Wildman–Crippen MR) is 129 cm³/mol. The molecule has 0 unspecified atom stereocenters. The monoisotopic (exact) mass is 464 g/mol. The number of ether oxygens (including phenoxy) is 1. The molecule has 7 heteroatoms. The van der Waals surface area contributed by atoms with Gasteiger partial charge in [-0.3, -0.25) is 9.59 Å². The van der Waals surface area contributed by atoms with E-state index in [0.717, 1.165) is 26.6 Å². The molecule has 3 aromatic carbocycles. The van der Waals surface area contributed by atoms with Crippen LogP contribution in [-0.2, 0) is 9.59 Å². The maximum absolute atomic E-state index is 13.5. The maximum Gasteiger partial charge on any atom is 0.283 e. The molecular formula is C25H21ClN2O3S. The molecule has 0 saturated heterocycles. The smallest absolute Gasteiger partial charge is 0.283 e. The number of aryl methyl sites for hydroxylation is 2. The third-order valence-corrected chi connectivity index (χ3v) is 6.40. The lowest BCUT2D eigenvalue weighted by atomic mass is 10.1. The molecule has 0 aliphatic carbocycles. The van der Waals surface area contributed by atoms with E-state index in [-0.39, 0.29) is 5.70 Å². The number of nitrogens with one attached hydrogen (secondary N) is 1. The third-order valence-electron chi connectivity index (χ3n) is 5.05. The Balaban J connectivity index is 1.79. The van der Waals surface area contributed by atoms with Crippen molar-refractivity contribution in [3.05, 3.63) is 93.5 Å². The Hall–Kier alpha value is -3.22. The van der Waals surface area contributed by atoms with E-state index in [1.165, 1.54) is 18.9 Å². The minimum absolute atomic E-state index is 0.231. The summed E-state index contributed by atoms with van der Waals surface area (Å²) in [7, 11) is 1.51. The van der Waals surface area contributed by atoms with Crippen molar-refractivity contribution < 1.29 is 14.3 Å². The molecule has 0 saturated carbocycles. The molecule has 0 bridgehead atoms. The highest BCUT2D eigenvalue weighted by Gasteiger charge is 2.41. The lowest BCUT2D eigenvalue weighted by Gasteiger charge is -2.18. The molecule has 0 aromatic heterocycles. The van der Waals surface area contributed by atoms with Gasteiger partial charge in [-0.2, -0.15) is 0 Å². The fourth-order valence-corrected chi connectivity index (χ4v) is 4.43. The summed E-state index contributed by atoms with van der Waals surface area (Å²) < 4.78 is 5.40. The van der Waals surface area contributed by atoms with Gasteiger partial charge < -0.3 is 10.1 Å². The van der Waals surface area contributed by atoms with Gasteiger partial charge in [0.1, 0.15) is 16.4 Å². The first kappa shape index (κ1) is 22.0. The van der Waals surface area contributed by atoms with Gasteiger partial charge >= 0.3 is 0 Å². The number of anilines is 2. The van der Waals surface area contributed by atoms with Crippen LogP contribution in [-0.4, -0.2) is 18.9 Å². The average molecular weight is 465 g/mol. The van der Waals surface area contributed by atoms with Crippen LogP contribution in [0.15, 0.2) is 82.2 Å². The number of benzene rings is 3. The highest BCUT2D eigenvalue weighted by Crippen LogP contribution is 2.40. The molecule has 162 valence electrons. The number of hydrogen-bond acceptors (Lipinski definition) is 5. The van der Waals surface area contributed by atoms with Crippen molar-refractivity contribution in [3.8, 4) is 5.75 Å². The Labute approximate surface area is 196 Å². The predicted octanol–water partition coefficient (Wildman–Crippen LogP) is 5.95. The number of thioether (sulfide) groups is 1. The molecule has 0 radical (unpaired) electrons. The van der Waals surface area contributed by atoms with Crippen LogP contribution >= 0.6 is 23.4 Å². The van der Waals surface area contributed by atoms with E-state index in [4.69, 9.17) is 16.3 Å². The molecule has 3 aromatic rings. The van der Waals surface area contributed by atoms with Gasteiger partial charge in [-0.05, 0) is 67.4 Å². The van der Waals surface area contributed by atoms with Crippen molar-refractivity contribution in [2.24, 2.45) is 0 Å². The van der Waals surface area contributed by atoms with Crippen LogP contribution in [0.1, 0.15) is 11.1 Å². The standard InChI is InChI=1S/C25H21ClN2O3S/c1-15-8-9-16(2)19(14-15)27-22-23(32-18-12-10-17(26)11-13-18)25(30)28(24(22)29)20-6-4-5-7-21(20)31-3/h4-14,27H,1-3H3. The van der Waals surface area contributed by atoms with E-state index in [2.05, 4.69) is 5.32 Å².